The molecule has 11 heteroatoms. The maximum Gasteiger partial charge on any atom is 0.295 e. The predicted molar refractivity (Wildman–Crippen MR) is 149 cm³/mol. The number of nitrogens with two attached hydrogens (primary N) is 1. The third kappa shape index (κ3) is 5.62. The van der Waals surface area contributed by atoms with Gasteiger partial charge in [0.25, 0.3) is 5.56 Å². The summed E-state index contributed by atoms with van der Waals surface area (Å²) >= 11 is 1.14. The fourth-order valence-electron chi connectivity index (χ4n) is 3.83. The van der Waals surface area contributed by atoms with E-state index < -0.39 is 5.25 Å². The Morgan fingerprint density at radius 1 is 1.11 bits per heavy atom. The van der Waals surface area contributed by atoms with E-state index >= 15 is 0 Å². The van der Waals surface area contributed by atoms with E-state index in [4.69, 9.17) is 10.6 Å². The number of nitrogen functional groups attached to an aromatic ring is 1. The van der Waals surface area contributed by atoms with Crippen LogP contribution in [0.25, 0.3) is 5.69 Å². The van der Waals surface area contributed by atoms with E-state index in [0.29, 0.717) is 28.1 Å². The molecule has 1 amide bonds. The molecule has 10 nitrogen and oxygen atoms in total. The summed E-state index contributed by atoms with van der Waals surface area (Å²) in [5.74, 6) is 6.96. The predicted octanol–water partition coefficient (Wildman–Crippen LogP) is 3.79. The lowest BCUT2D eigenvalue weighted by atomic mass is 9.87. The standard InChI is InChI=1S/C27H33N7O3S/c1-17-23(25(36)34(32(17)6)20-10-8-7-9-11-20)29-24(35)18(2)38-26-31-30-22(33(26)28)16-37-21-14-12-19(13-15-21)27(3,4)5/h7-15,18H,16,28H2,1-6H3,(H,29,35). The van der Waals surface area contributed by atoms with Crippen molar-refractivity contribution in [3.63, 3.8) is 0 Å². The number of benzene rings is 2. The minimum Gasteiger partial charge on any atom is -0.486 e. The molecule has 0 radical (unpaired) electrons. The Balaban J connectivity index is 1.40. The number of nitrogens with zero attached hydrogens (tertiary/aromatic N) is 5. The highest BCUT2D eigenvalue weighted by Crippen LogP contribution is 2.26. The summed E-state index contributed by atoms with van der Waals surface area (Å²) in [6.45, 7) is 10.1. The number of ether oxygens (including phenoxy) is 1. The molecule has 0 saturated heterocycles. The van der Waals surface area contributed by atoms with Gasteiger partial charge in [0, 0.05) is 7.05 Å². The van der Waals surface area contributed by atoms with Gasteiger partial charge in [-0.2, -0.15) is 0 Å². The van der Waals surface area contributed by atoms with Crippen LogP contribution in [0.5, 0.6) is 5.75 Å². The second-order valence-electron chi connectivity index (χ2n) is 10.0. The summed E-state index contributed by atoms with van der Waals surface area (Å²) in [4.78, 5) is 26.1. The Bertz CT molecular complexity index is 1480. The zero-order valence-electron chi connectivity index (χ0n) is 22.4. The lowest BCUT2D eigenvalue weighted by molar-refractivity contribution is -0.115. The van der Waals surface area contributed by atoms with Crippen LogP contribution in [0, 0.1) is 6.92 Å². The lowest BCUT2D eigenvalue weighted by Crippen LogP contribution is -2.27. The molecule has 4 rings (SSSR count). The van der Waals surface area contributed by atoms with Crippen LogP contribution in [-0.2, 0) is 23.9 Å². The van der Waals surface area contributed by atoms with Gasteiger partial charge in [-0.3, -0.25) is 14.3 Å². The summed E-state index contributed by atoms with van der Waals surface area (Å²) < 4.78 is 10.4. The number of carbonyl (C=O) groups excluding carboxylic acids is 1. The molecule has 0 saturated carbocycles. The highest BCUT2D eigenvalue weighted by atomic mass is 32.2. The highest BCUT2D eigenvalue weighted by molar-refractivity contribution is 8.00. The number of nitrogens with one attached hydrogen (secondary N) is 1. The van der Waals surface area contributed by atoms with E-state index in [-0.39, 0.29) is 29.2 Å². The van der Waals surface area contributed by atoms with Gasteiger partial charge in [-0.15, -0.1) is 10.2 Å². The molecule has 2 aromatic heterocycles. The monoisotopic (exact) mass is 535 g/mol. The van der Waals surface area contributed by atoms with Crippen LogP contribution in [0.15, 0.2) is 64.5 Å². The fraction of sp³-hybridized carbons (Fsp3) is 0.333. The van der Waals surface area contributed by atoms with Gasteiger partial charge in [-0.05, 0) is 49.1 Å². The molecule has 2 heterocycles. The van der Waals surface area contributed by atoms with Crippen molar-refractivity contribution in [3.05, 3.63) is 82.0 Å². The molecule has 0 aliphatic rings. The molecule has 4 aromatic rings. The first-order chi connectivity index (χ1) is 18.0. The number of hydrogen-bond donors (Lipinski definition) is 2. The summed E-state index contributed by atoms with van der Waals surface area (Å²) in [6.07, 6.45) is 0. The minimum absolute atomic E-state index is 0.0581. The van der Waals surface area contributed by atoms with Crippen molar-refractivity contribution < 1.29 is 9.53 Å². The SMILES string of the molecule is Cc1c(NC(=O)C(C)Sc2nnc(COc3ccc(C(C)(C)C)cc3)n2N)c(=O)n(-c2ccccc2)n1C. The molecule has 0 aliphatic heterocycles. The van der Waals surface area contributed by atoms with Gasteiger partial charge in [0.15, 0.2) is 5.82 Å². The van der Waals surface area contributed by atoms with Crippen molar-refractivity contribution in [1.29, 1.82) is 0 Å². The third-order valence-corrected chi connectivity index (χ3v) is 7.33. The minimum atomic E-state index is -0.593. The van der Waals surface area contributed by atoms with Crippen LogP contribution in [0.1, 0.15) is 44.8 Å². The normalized spacial score (nSPS) is 12.4. The molecule has 2 aromatic carbocycles. The molecule has 0 aliphatic carbocycles. The Kier molecular flexibility index (Phi) is 7.68. The maximum absolute atomic E-state index is 13.1. The molecular weight excluding hydrogens is 502 g/mol. The summed E-state index contributed by atoms with van der Waals surface area (Å²) in [6, 6.07) is 17.2. The highest BCUT2D eigenvalue weighted by Gasteiger charge is 2.24. The molecule has 1 atom stereocenters. The van der Waals surface area contributed by atoms with Crippen molar-refractivity contribution >= 4 is 23.4 Å². The molecule has 0 spiro atoms. The smallest absolute Gasteiger partial charge is 0.295 e. The van der Waals surface area contributed by atoms with E-state index in [1.165, 1.54) is 14.9 Å². The fourth-order valence-corrected chi connectivity index (χ4v) is 4.62. The first-order valence-electron chi connectivity index (χ1n) is 12.2. The van der Waals surface area contributed by atoms with Crippen LogP contribution in [0.2, 0.25) is 0 Å². The van der Waals surface area contributed by atoms with Gasteiger partial charge in [0.05, 0.1) is 16.6 Å². The summed E-state index contributed by atoms with van der Waals surface area (Å²) in [5.41, 5.74) is 2.54. The quantitative estimate of drug-likeness (QED) is 0.260. The molecule has 38 heavy (non-hydrogen) atoms. The molecule has 1 unspecified atom stereocenters. The van der Waals surface area contributed by atoms with E-state index in [1.54, 1.807) is 25.6 Å². The number of para-hydroxylation sites is 1. The van der Waals surface area contributed by atoms with Crippen molar-refractivity contribution in [3.8, 4) is 11.4 Å². The first-order valence-corrected chi connectivity index (χ1v) is 13.1. The van der Waals surface area contributed by atoms with Crippen LogP contribution >= 0.6 is 11.8 Å². The Morgan fingerprint density at radius 3 is 2.39 bits per heavy atom. The Labute approximate surface area is 225 Å². The van der Waals surface area contributed by atoms with E-state index in [2.05, 4.69) is 36.3 Å². The van der Waals surface area contributed by atoms with Gasteiger partial charge >= 0.3 is 0 Å². The van der Waals surface area contributed by atoms with Crippen molar-refractivity contribution in [2.24, 2.45) is 7.05 Å². The number of anilines is 1. The number of aromatic nitrogens is 5. The second kappa shape index (κ2) is 10.8. The number of carbonyl (C=O) groups is 1. The number of rotatable bonds is 8. The van der Waals surface area contributed by atoms with Gasteiger partial charge in [-0.25, -0.2) is 9.36 Å². The van der Waals surface area contributed by atoms with Gasteiger partial charge < -0.3 is 15.9 Å². The maximum atomic E-state index is 13.1. The number of amides is 1. The molecule has 0 bridgehead atoms. The summed E-state index contributed by atoms with van der Waals surface area (Å²) in [7, 11) is 1.77. The molecule has 3 N–H and O–H groups in total. The summed E-state index contributed by atoms with van der Waals surface area (Å²) in [5, 5.41) is 10.8. The van der Waals surface area contributed by atoms with Crippen molar-refractivity contribution in [2.45, 2.75) is 57.0 Å². The average Bonchev–Trinajstić information content (AvgIpc) is 3.33. The van der Waals surface area contributed by atoms with Crippen molar-refractivity contribution in [1.82, 2.24) is 24.2 Å². The van der Waals surface area contributed by atoms with Gasteiger partial charge in [0.1, 0.15) is 18.0 Å². The number of hydrogen-bond acceptors (Lipinski definition) is 7. The number of thioether (sulfide) groups is 1. The molecular formula is C27H33N7O3S. The van der Waals surface area contributed by atoms with Gasteiger partial charge in [-0.1, -0.05) is 62.9 Å². The average molecular weight is 536 g/mol. The first kappa shape index (κ1) is 27.1. The molecule has 200 valence electrons. The zero-order valence-corrected chi connectivity index (χ0v) is 23.2. The Hall–Kier alpha value is -3.99. The van der Waals surface area contributed by atoms with Crippen LogP contribution in [0.3, 0.4) is 0 Å². The third-order valence-electron chi connectivity index (χ3n) is 6.28. The zero-order chi connectivity index (χ0) is 27.6. The Morgan fingerprint density at radius 2 is 1.76 bits per heavy atom. The van der Waals surface area contributed by atoms with Crippen molar-refractivity contribution in [2.75, 3.05) is 11.2 Å². The van der Waals surface area contributed by atoms with Crippen LogP contribution < -0.4 is 21.5 Å². The lowest BCUT2D eigenvalue weighted by Gasteiger charge is -2.19. The van der Waals surface area contributed by atoms with Crippen LogP contribution in [0.4, 0.5) is 5.69 Å². The van der Waals surface area contributed by atoms with E-state index in [9.17, 15) is 9.59 Å². The van der Waals surface area contributed by atoms with Gasteiger partial charge in [0.2, 0.25) is 11.1 Å². The largest absolute Gasteiger partial charge is 0.486 e. The second-order valence-corrected chi connectivity index (χ2v) is 11.3. The molecule has 0 fully saturated rings. The van der Waals surface area contributed by atoms with E-state index in [1.807, 2.05) is 54.6 Å². The van der Waals surface area contributed by atoms with E-state index in [0.717, 1.165) is 11.8 Å². The topological polar surface area (TPSA) is 122 Å². The van der Waals surface area contributed by atoms with Crippen LogP contribution in [-0.4, -0.2) is 35.4 Å².